The van der Waals surface area contributed by atoms with Gasteiger partial charge in [-0.05, 0) is 50.6 Å². The van der Waals surface area contributed by atoms with Gasteiger partial charge in [0.2, 0.25) is 5.06 Å². The number of rotatable bonds is 10. The number of carbonyl (C=O) groups is 1. The Kier molecular flexibility index (Phi) is 8.02. The first-order valence-corrected chi connectivity index (χ1v) is 13.4. The average Bonchev–Trinajstić information content (AvgIpc) is 3.60. The molecular formula is C28H30N6O2S. The second-order valence-corrected chi connectivity index (χ2v) is 9.85. The Morgan fingerprint density at radius 2 is 1.89 bits per heavy atom. The number of nitrogens with zero attached hydrogens (tertiary/aromatic N) is 4. The minimum absolute atomic E-state index is 0.114. The van der Waals surface area contributed by atoms with Crippen molar-refractivity contribution in [2.45, 2.75) is 26.2 Å². The van der Waals surface area contributed by atoms with E-state index in [1.807, 2.05) is 42.5 Å². The number of amides is 1. The van der Waals surface area contributed by atoms with Crippen molar-refractivity contribution in [3.63, 3.8) is 0 Å². The molecule has 0 atom stereocenters. The van der Waals surface area contributed by atoms with Crippen LogP contribution in [-0.2, 0) is 6.42 Å². The molecule has 37 heavy (non-hydrogen) atoms. The molecule has 0 aliphatic carbocycles. The SMILES string of the molecule is CCc1nc(-c2ccccc2)c(Oc2ccnc(Nc3ccc(C(=O)NCCN4CCCC4)cn3)c2)s1. The summed E-state index contributed by atoms with van der Waals surface area (Å²) >= 11 is 1.55. The Morgan fingerprint density at radius 3 is 2.65 bits per heavy atom. The van der Waals surface area contributed by atoms with Crippen molar-refractivity contribution in [1.29, 1.82) is 0 Å². The molecule has 1 amide bonds. The summed E-state index contributed by atoms with van der Waals surface area (Å²) in [7, 11) is 0. The van der Waals surface area contributed by atoms with Crippen LogP contribution in [0.25, 0.3) is 11.3 Å². The second kappa shape index (κ2) is 11.9. The predicted octanol–water partition coefficient (Wildman–Crippen LogP) is 5.52. The Hall–Kier alpha value is -3.82. The minimum Gasteiger partial charge on any atom is -0.444 e. The lowest BCUT2D eigenvalue weighted by molar-refractivity contribution is 0.0949. The highest BCUT2D eigenvalue weighted by Crippen LogP contribution is 2.38. The van der Waals surface area contributed by atoms with Gasteiger partial charge in [-0.1, -0.05) is 48.6 Å². The van der Waals surface area contributed by atoms with Gasteiger partial charge in [-0.3, -0.25) is 4.79 Å². The number of benzene rings is 1. The largest absolute Gasteiger partial charge is 0.444 e. The predicted molar refractivity (Wildman–Crippen MR) is 147 cm³/mol. The smallest absolute Gasteiger partial charge is 0.252 e. The molecule has 8 nitrogen and oxygen atoms in total. The monoisotopic (exact) mass is 514 g/mol. The van der Waals surface area contributed by atoms with Crippen LogP contribution >= 0.6 is 11.3 Å². The highest BCUT2D eigenvalue weighted by Gasteiger charge is 2.15. The number of anilines is 2. The van der Waals surface area contributed by atoms with Crippen LogP contribution in [0.1, 0.15) is 35.1 Å². The zero-order valence-corrected chi connectivity index (χ0v) is 21.6. The number of nitrogens with one attached hydrogen (secondary N) is 2. The maximum atomic E-state index is 12.4. The third-order valence-corrected chi connectivity index (χ3v) is 7.20. The quantitative estimate of drug-likeness (QED) is 0.288. The Morgan fingerprint density at radius 1 is 1.05 bits per heavy atom. The number of hydrogen-bond acceptors (Lipinski definition) is 8. The van der Waals surface area contributed by atoms with Crippen molar-refractivity contribution < 1.29 is 9.53 Å². The third kappa shape index (κ3) is 6.49. The summed E-state index contributed by atoms with van der Waals surface area (Å²) in [4.78, 5) is 28.3. The summed E-state index contributed by atoms with van der Waals surface area (Å²) in [5, 5.41) is 7.93. The summed E-state index contributed by atoms with van der Waals surface area (Å²) in [5.74, 6) is 1.72. The number of aryl methyl sites for hydroxylation is 1. The molecule has 2 N–H and O–H groups in total. The zero-order valence-electron chi connectivity index (χ0n) is 20.8. The van der Waals surface area contributed by atoms with Crippen LogP contribution in [0.15, 0.2) is 67.0 Å². The van der Waals surface area contributed by atoms with Gasteiger partial charge in [-0.2, -0.15) is 0 Å². The molecule has 1 aliphatic heterocycles. The normalized spacial score (nSPS) is 13.4. The Labute approximate surface area is 220 Å². The summed E-state index contributed by atoms with van der Waals surface area (Å²) in [6.45, 7) is 5.85. The lowest BCUT2D eigenvalue weighted by Crippen LogP contribution is -2.33. The molecule has 5 rings (SSSR count). The number of likely N-dealkylation sites (tertiary alicyclic amines) is 1. The topological polar surface area (TPSA) is 92.3 Å². The van der Waals surface area contributed by atoms with Gasteiger partial charge < -0.3 is 20.3 Å². The van der Waals surface area contributed by atoms with Gasteiger partial charge in [0.1, 0.15) is 23.1 Å². The summed E-state index contributed by atoms with van der Waals surface area (Å²) in [6.07, 6.45) is 6.59. The van der Waals surface area contributed by atoms with E-state index in [-0.39, 0.29) is 5.91 Å². The molecule has 1 aliphatic rings. The fourth-order valence-electron chi connectivity index (χ4n) is 4.17. The summed E-state index contributed by atoms with van der Waals surface area (Å²) in [5.41, 5.74) is 2.39. The minimum atomic E-state index is -0.114. The molecular weight excluding hydrogens is 484 g/mol. The fraction of sp³-hybridized carbons (Fsp3) is 0.286. The van der Waals surface area contributed by atoms with Crippen molar-refractivity contribution in [3.8, 4) is 22.1 Å². The van der Waals surface area contributed by atoms with Gasteiger partial charge in [0, 0.05) is 37.1 Å². The van der Waals surface area contributed by atoms with E-state index in [0.29, 0.717) is 29.5 Å². The van der Waals surface area contributed by atoms with Crippen LogP contribution in [0.5, 0.6) is 10.8 Å². The molecule has 1 aromatic carbocycles. The van der Waals surface area contributed by atoms with Crippen molar-refractivity contribution in [3.05, 3.63) is 77.6 Å². The van der Waals surface area contributed by atoms with Crippen LogP contribution < -0.4 is 15.4 Å². The number of carbonyl (C=O) groups excluding carboxylic acids is 1. The first-order chi connectivity index (χ1) is 18.2. The van der Waals surface area contributed by atoms with Gasteiger partial charge in [0.25, 0.3) is 5.91 Å². The molecule has 1 fully saturated rings. The van der Waals surface area contributed by atoms with E-state index in [1.165, 1.54) is 12.8 Å². The van der Waals surface area contributed by atoms with Crippen LogP contribution in [0.2, 0.25) is 0 Å². The molecule has 190 valence electrons. The van der Waals surface area contributed by atoms with E-state index < -0.39 is 0 Å². The van der Waals surface area contributed by atoms with Crippen molar-refractivity contribution >= 4 is 28.9 Å². The van der Waals surface area contributed by atoms with Crippen LogP contribution in [0.4, 0.5) is 11.6 Å². The number of hydrogen-bond donors (Lipinski definition) is 2. The van der Waals surface area contributed by atoms with E-state index in [0.717, 1.165) is 47.4 Å². The van der Waals surface area contributed by atoms with Crippen molar-refractivity contribution in [1.82, 2.24) is 25.2 Å². The van der Waals surface area contributed by atoms with Crippen molar-refractivity contribution in [2.75, 3.05) is 31.5 Å². The van der Waals surface area contributed by atoms with Gasteiger partial charge in [-0.15, -0.1) is 0 Å². The van der Waals surface area contributed by atoms with Crippen LogP contribution in [-0.4, -0.2) is 51.9 Å². The Balaban J connectivity index is 1.21. The van der Waals surface area contributed by atoms with E-state index in [9.17, 15) is 4.79 Å². The van der Waals surface area contributed by atoms with E-state index >= 15 is 0 Å². The first-order valence-electron chi connectivity index (χ1n) is 12.6. The van der Waals surface area contributed by atoms with Crippen LogP contribution in [0, 0.1) is 0 Å². The number of thiazole rings is 1. The van der Waals surface area contributed by atoms with E-state index in [1.54, 1.807) is 35.9 Å². The molecule has 0 saturated carbocycles. The van der Waals surface area contributed by atoms with Gasteiger partial charge in [0.15, 0.2) is 0 Å². The summed E-state index contributed by atoms with van der Waals surface area (Å²) in [6, 6.07) is 17.2. The van der Waals surface area contributed by atoms with Gasteiger partial charge >= 0.3 is 0 Å². The number of pyridine rings is 2. The number of ether oxygens (including phenoxy) is 1. The molecule has 9 heteroatoms. The average molecular weight is 515 g/mol. The third-order valence-electron chi connectivity index (χ3n) is 6.13. The second-order valence-electron chi connectivity index (χ2n) is 8.80. The molecule has 0 spiro atoms. The van der Waals surface area contributed by atoms with Gasteiger partial charge in [-0.25, -0.2) is 15.0 Å². The molecule has 1 saturated heterocycles. The lowest BCUT2D eigenvalue weighted by Gasteiger charge is -2.14. The highest BCUT2D eigenvalue weighted by molar-refractivity contribution is 7.14. The van der Waals surface area contributed by atoms with Crippen LogP contribution in [0.3, 0.4) is 0 Å². The molecule has 0 unspecified atom stereocenters. The standard InChI is InChI=1S/C28H30N6O2S/c1-2-25-33-26(20-8-4-3-5-9-20)28(37-25)36-22-12-13-29-24(18-22)32-23-11-10-21(19-31-23)27(35)30-14-17-34-15-6-7-16-34/h3-5,8-13,18-19H,2,6-7,14-17H2,1H3,(H,30,35)(H,29,31,32). The van der Waals surface area contributed by atoms with Crippen molar-refractivity contribution in [2.24, 2.45) is 0 Å². The van der Waals surface area contributed by atoms with Gasteiger partial charge in [0.05, 0.1) is 10.6 Å². The first kappa shape index (κ1) is 24.9. The molecule has 0 bridgehead atoms. The molecule has 3 aromatic heterocycles. The molecule has 4 heterocycles. The lowest BCUT2D eigenvalue weighted by atomic mass is 10.2. The molecule has 0 radical (unpaired) electrons. The van der Waals surface area contributed by atoms with E-state index in [4.69, 9.17) is 9.72 Å². The molecule has 4 aromatic rings. The Bertz CT molecular complexity index is 1320. The maximum absolute atomic E-state index is 12.4. The summed E-state index contributed by atoms with van der Waals surface area (Å²) < 4.78 is 6.25. The number of aromatic nitrogens is 3. The van der Waals surface area contributed by atoms with E-state index in [2.05, 4.69) is 32.4 Å². The highest BCUT2D eigenvalue weighted by atomic mass is 32.1. The zero-order chi connectivity index (χ0) is 25.5. The maximum Gasteiger partial charge on any atom is 0.252 e. The fourth-order valence-corrected chi connectivity index (χ4v) is 5.06.